The van der Waals surface area contributed by atoms with E-state index in [1.54, 1.807) is 12.1 Å². The Balaban J connectivity index is 0.000000225. The molecule has 2 aromatic carbocycles. The lowest BCUT2D eigenvalue weighted by atomic mass is 9.74. The van der Waals surface area contributed by atoms with Crippen LogP contribution in [0, 0.1) is 23.4 Å². The summed E-state index contributed by atoms with van der Waals surface area (Å²) >= 11 is 0. The molecule has 0 aromatic heterocycles. The van der Waals surface area contributed by atoms with Gasteiger partial charge < -0.3 is 20.2 Å². The first-order valence-corrected chi connectivity index (χ1v) is 13.0. The van der Waals surface area contributed by atoms with Crippen molar-refractivity contribution in [2.24, 2.45) is 5.92 Å². The smallest absolute Gasteiger partial charge is 0.142 e. The summed E-state index contributed by atoms with van der Waals surface area (Å²) in [5, 5.41) is 14.0. The number of nitrogens with zero attached hydrogens (tertiary/aromatic N) is 2. The van der Waals surface area contributed by atoms with E-state index in [1.807, 2.05) is 6.07 Å². The van der Waals surface area contributed by atoms with Gasteiger partial charge in [-0.3, -0.25) is 4.79 Å². The van der Waals surface area contributed by atoms with Crippen LogP contribution in [-0.4, -0.2) is 73.6 Å². The lowest BCUT2D eigenvalue weighted by molar-refractivity contribution is -0.104. The molecule has 2 N–H and O–H groups in total. The van der Waals surface area contributed by atoms with Gasteiger partial charge >= 0.3 is 0 Å². The minimum atomic E-state index is -0.652. The average Bonchev–Trinajstić information content (AvgIpc) is 3.24. The summed E-state index contributed by atoms with van der Waals surface area (Å²) in [6.45, 7) is 5.67. The Labute approximate surface area is 217 Å². The fourth-order valence-corrected chi connectivity index (χ4v) is 5.80. The molecule has 1 spiro atoms. The number of anilines is 1. The number of aliphatic hydroxyl groups is 1. The maximum atomic E-state index is 14.4. The lowest BCUT2D eigenvalue weighted by Gasteiger charge is -2.41. The number of piperidine rings is 2. The molecule has 1 unspecified atom stereocenters. The molecule has 0 aliphatic carbocycles. The highest BCUT2D eigenvalue weighted by Crippen LogP contribution is 2.45. The predicted molar refractivity (Wildman–Crippen MR) is 140 cm³/mol. The fraction of sp³-hybridized carbons (Fsp3) is 0.483. The van der Waals surface area contributed by atoms with Crippen molar-refractivity contribution in [1.29, 1.82) is 0 Å². The molecule has 1 atom stereocenters. The molecule has 3 heterocycles. The first-order chi connectivity index (χ1) is 17.8. The van der Waals surface area contributed by atoms with Crippen molar-refractivity contribution in [1.82, 2.24) is 9.80 Å². The van der Waals surface area contributed by atoms with Gasteiger partial charge in [-0.2, -0.15) is 0 Å². The molecule has 0 amide bonds. The molecule has 0 bridgehead atoms. The van der Waals surface area contributed by atoms with Crippen molar-refractivity contribution in [3.8, 4) is 0 Å². The van der Waals surface area contributed by atoms with Crippen LogP contribution < -0.4 is 5.32 Å². The molecule has 37 heavy (non-hydrogen) atoms. The highest BCUT2D eigenvalue weighted by molar-refractivity contribution is 5.73. The van der Waals surface area contributed by atoms with Gasteiger partial charge in [0, 0.05) is 35.8 Å². The van der Waals surface area contributed by atoms with Gasteiger partial charge in [-0.05, 0) is 101 Å². The Kier molecular flexibility index (Phi) is 9.05. The Morgan fingerprint density at radius 1 is 1.08 bits per heavy atom. The number of allylic oxidation sites excluding steroid dienone is 1. The van der Waals surface area contributed by atoms with Crippen molar-refractivity contribution in [3.63, 3.8) is 0 Å². The standard InChI is InChI=1S/C20H30FN3O.C9H6F2O/c1-23-9-5-15(6-10-23)18(25)13-24-11-7-20(8-12-24)14-22-17-4-2-3-16(21)19(17)20;10-8-4-7(2-1-3-12)5-9(11)6-8/h2-4,15,18,22,25H,5-14H2,1H3;1-6H/b;2-1+. The zero-order valence-electron chi connectivity index (χ0n) is 21.3. The molecule has 200 valence electrons. The van der Waals surface area contributed by atoms with Crippen molar-refractivity contribution >= 4 is 18.0 Å². The monoisotopic (exact) mass is 515 g/mol. The average molecular weight is 516 g/mol. The summed E-state index contributed by atoms with van der Waals surface area (Å²) in [6, 6.07) is 8.42. The minimum absolute atomic E-state index is 0.0598. The van der Waals surface area contributed by atoms with E-state index in [0.717, 1.165) is 94.4 Å². The summed E-state index contributed by atoms with van der Waals surface area (Å²) in [6.07, 6.45) is 6.95. The molecule has 3 aliphatic rings. The van der Waals surface area contributed by atoms with Crippen molar-refractivity contribution in [2.45, 2.75) is 37.2 Å². The minimum Gasteiger partial charge on any atom is -0.392 e. The van der Waals surface area contributed by atoms with Crippen molar-refractivity contribution in [3.05, 3.63) is 71.1 Å². The molecule has 2 fully saturated rings. The Morgan fingerprint density at radius 2 is 1.76 bits per heavy atom. The van der Waals surface area contributed by atoms with E-state index >= 15 is 0 Å². The van der Waals surface area contributed by atoms with E-state index in [2.05, 4.69) is 22.2 Å². The summed E-state index contributed by atoms with van der Waals surface area (Å²) in [7, 11) is 2.15. The fourth-order valence-electron chi connectivity index (χ4n) is 5.80. The zero-order chi connectivity index (χ0) is 26.4. The zero-order valence-corrected chi connectivity index (χ0v) is 21.3. The molecule has 2 saturated heterocycles. The van der Waals surface area contributed by atoms with Crippen LogP contribution in [0.2, 0.25) is 0 Å². The van der Waals surface area contributed by atoms with Gasteiger partial charge in [0.2, 0.25) is 0 Å². The number of nitrogens with one attached hydrogen (secondary N) is 1. The second kappa shape index (κ2) is 12.2. The van der Waals surface area contributed by atoms with E-state index in [9.17, 15) is 23.1 Å². The van der Waals surface area contributed by atoms with Gasteiger partial charge in [-0.25, -0.2) is 13.2 Å². The molecule has 2 aromatic rings. The van der Waals surface area contributed by atoms with E-state index in [-0.39, 0.29) is 17.3 Å². The van der Waals surface area contributed by atoms with Gasteiger partial charge in [0.1, 0.15) is 23.7 Å². The lowest BCUT2D eigenvalue weighted by Crippen LogP contribution is -2.48. The van der Waals surface area contributed by atoms with Crippen molar-refractivity contribution < 1.29 is 23.1 Å². The third-order valence-corrected chi connectivity index (χ3v) is 7.98. The number of rotatable bonds is 5. The Bertz CT molecular complexity index is 1070. The number of aliphatic hydroxyl groups excluding tert-OH is 1. The Hall–Kier alpha value is -2.68. The van der Waals surface area contributed by atoms with Crippen molar-refractivity contribution in [2.75, 3.05) is 51.6 Å². The normalized spacial score (nSPS) is 20.8. The molecule has 0 saturated carbocycles. The van der Waals surface area contributed by atoms with Gasteiger partial charge in [0.25, 0.3) is 0 Å². The van der Waals surface area contributed by atoms with E-state index in [4.69, 9.17) is 0 Å². The molecule has 8 heteroatoms. The molecule has 5 rings (SSSR count). The van der Waals surface area contributed by atoms with Gasteiger partial charge in [0.15, 0.2) is 0 Å². The van der Waals surface area contributed by atoms with Gasteiger partial charge in [0.05, 0.1) is 6.10 Å². The number of carbonyl (C=O) groups excluding carboxylic acids is 1. The van der Waals surface area contributed by atoms with Crippen LogP contribution in [0.3, 0.4) is 0 Å². The third kappa shape index (κ3) is 6.80. The van der Waals surface area contributed by atoms with Crippen LogP contribution >= 0.6 is 0 Å². The van der Waals surface area contributed by atoms with E-state index in [0.29, 0.717) is 17.8 Å². The van der Waals surface area contributed by atoms with Crippen LogP contribution in [0.5, 0.6) is 0 Å². The SMILES string of the molecule is CN1CCC(C(O)CN2CCC3(CC2)CNc2cccc(F)c23)CC1.O=C/C=C/c1cc(F)cc(F)c1. The van der Waals surface area contributed by atoms with Crippen LogP contribution in [0.15, 0.2) is 42.5 Å². The summed E-state index contributed by atoms with van der Waals surface area (Å²) < 4.78 is 39.4. The Morgan fingerprint density at radius 3 is 2.41 bits per heavy atom. The predicted octanol–water partition coefficient (Wildman–Crippen LogP) is 4.46. The molecule has 5 nitrogen and oxygen atoms in total. The molecular formula is C29H36F3N3O2. The maximum absolute atomic E-state index is 14.4. The topological polar surface area (TPSA) is 55.8 Å². The van der Waals surface area contributed by atoms with Crippen LogP contribution in [0.1, 0.15) is 36.8 Å². The highest BCUT2D eigenvalue weighted by Gasteiger charge is 2.43. The summed E-state index contributed by atoms with van der Waals surface area (Å²) in [4.78, 5) is 14.6. The first-order valence-electron chi connectivity index (χ1n) is 13.0. The number of β-amino-alcohol motifs (C(OH)–C–C–N with tert-alkyl or cyclic N) is 1. The number of likely N-dealkylation sites (tertiary alicyclic amines) is 2. The number of fused-ring (bicyclic) bond motifs is 2. The maximum Gasteiger partial charge on any atom is 0.142 e. The van der Waals surface area contributed by atoms with Gasteiger partial charge in [-0.1, -0.05) is 12.1 Å². The third-order valence-electron chi connectivity index (χ3n) is 7.98. The summed E-state index contributed by atoms with van der Waals surface area (Å²) in [5.41, 5.74) is 2.14. The number of carbonyl (C=O) groups is 1. The number of halogens is 3. The molecule has 0 radical (unpaired) electrons. The van der Waals surface area contributed by atoms with Crippen LogP contribution in [0.4, 0.5) is 18.9 Å². The second-order valence-corrected chi connectivity index (χ2v) is 10.5. The molecule has 3 aliphatic heterocycles. The van der Waals surface area contributed by atoms with E-state index < -0.39 is 11.6 Å². The number of hydrogen-bond acceptors (Lipinski definition) is 5. The highest BCUT2D eigenvalue weighted by atomic mass is 19.1. The van der Waals surface area contributed by atoms with Crippen LogP contribution in [0.25, 0.3) is 6.08 Å². The van der Waals surface area contributed by atoms with Crippen LogP contribution in [-0.2, 0) is 10.2 Å². The number of benzene rings is 2. The second-order valence-electron chi connectivity index (χ2n) is 10.5. The first kappa shape index (κ1) is 27.4. The van der Waals surface area contributed by atoms with Gasteiger partial charge in [-0.15, -0.1) is 0 Å². The number of hydrogen-bond donors (Lipinski definition) is 2. The molecular weight excluding hydrogens is 479 g/mol. The summed E-state index contributed by atoms with van der Waals surface area (Å²) in [5.74, 6) is -0.943. The largest absolute Gasteiger partial charge is 0.392 e. The van der Waals surface area contributed by atoms with E-state index in [1.165, 1.54) is 12.2 Å². The number of aldehydes is 1. The quantitative estimate of drug-likeness (QED) is 0.455.